The van der Waals surface area contributed by atoms with Gasteiger partial charge in [0.15, 0.2) is 11.2 Å². The number of H-pyrrole nitrogens is 1. The first-order valence-electron chi connectivity index (χ1n) is 11.9. The number of nitrogens with zero attached hydrogens (tertiary/aromatic N) is 2. The summed E-state index contributed by atoms with van der Waals surface area (Å²) in [5.74, 6) is 2.40. The molecule has 0 aliphatic carbocycles. The minimum atomic E-state index is -5.19. The zero-order valence-corrected chi connectivity index (χ0v) is 21.2. The highest BCUT2D eigenvalue weighted by molar-refractivity contribution is 7.81. The molecule has 2 aromatic carbocycles. The van der Waals surface area contributed by atoms with E-state index in [0.29, 0.717) is 34.9 Å². The molecule has 5 rings (SSSR count). The average molecular weight is 518 g/mol. The minimum absolute atomic E-state index is 0.0857. The van der Waals surface area contributed by atoms with Crippen molar-refractivity contribution in [3.63, 3.8) is 0 Å². The van der Waals surface area contributed by atoms with Crippen LogP contribution in [0.15, 0.2) is 53.6 Å². The Morgan fingerprint density at radius 2 is 1.95 bits per heavy atom. The first-order chi connectivity index (χ1) is 17.7. The van der Waals surface area contributed by atoms with Crippen LogP contribution in [0, 0.1) is 12.3 Å². The van der Waals surface area contributed by atoms with E-state index in [1.165, 1.54) is 6.07 Å². The fourth-order valence-corrected chi connectivity index (χ4v) is 5.16. The Morgan fingerprint density at radius 3 is 2.65 bits per heavy atom. The molecule has 0 saturated heterocycles. The second-order valence-corrected chi connectivity index (χ2v) is 9.81. The Labute approximate surface area is 213 Å². The first-order valence-corrected chi connectivity index (χ1v) is 13.3. The number of pyridine rings is 2. The van der Waals surface area contributed by atoms with Crippen LogP contribution in [0.3, 0.4) is 0 Å². The summed E-state index contributed by atoms with van der Waals surface area (Å²) in [6.07, 6.45) is 10.7. The van der Waals surface area contributed by atoms with Crippen LogP contribution >= 0.6 is 0 Å². The molecule has 188 valence electrons. The van der Waals surface area contributed by atoms with Crippen LogP contribution in [0.25, 0.3) is 44.0 Å². The lowest BCUT2D eigenvalue weighted by molar-refractivity contribution is 0.439. The summed E-state index contributed by atoms with van der Waals surface area (Å²) in [6.45, 7) is 4.74. The fraction of sp³-hybridized carbons (Fsp3) is 0.214. The number of aryl methyl sites for hydroxylation is 2. The summed E-state index contributed by atoms with van der Waals surface area (Å²) in [4.78, 5) is 21.3. The lowest BCUT2D eigenvalue weighted by atomic mass is 9.95. The van der Waals surface area contributed by atoms with E-state index in [1.54, 1.807) is 6.20 Å². The number of unbranched alkanes of at least 4 members (excludes halogenated alkanes) is 1. The second kappa shape index (κ2) is 9.37. The van der Waals surface area contributed by atoms with E-state index in [-0.39, 0.29) is 11.2 Å². The zero-order valence-electron chi connectivity index (χ0n) is 20.3. The summed E-state index contributed by atoms with van der Waals surface area (Å²) in [7, 11) is -5.19. The molecule has 0 aliphatic heterocycles. The van der Waals surface area contributed by atoms with Crippen molar-refractivity contribution in [2.24, 2.45) is 0 Å². The molecule has 0 fully saturated rings. The SMILES string of the molecule is C#Cc1ccc2c(c1)[nH]c1c2c(=O)c2cc(CC)c(-c3cncc(OS(=O)(=O)F)c3)cc2n1CCCC. The number of hydrogen-bond acceptors (Lipinski definition) is 5. The standard InChI is InChI=1S/C28H24FN3O4S/c1-4-7-10-32-25-14-22(19-12-20(16-30-15-19)36-37(29,34)35)18(6-3)13-23(25)27(33)26-21-9-8-17(5-2)11-24(21)31-28(26)32/h2,8-9,11-16,31H,4,6-7,10H2,1,3H3. The third-order valence-electron chi connectivity index (χ3n) is 6.54. The van der Waals surface area contributed by atoms with E-state index in [9.17, 15) is 17.1 Å². The highest BCUT2D eigenvalue weighted by atomic mass is 32.3. The Morgan fingerprint density at radius 1 is 1.14 bits per heavy atom. The lowest BCUT2D eigenvalue weighted by Crippen LogP contribution is -2.12. The number of rotatable bonds is 7. The van der Waals surface area contributed by atoms with Gasteiger partial charge in [-0.1, -0.05) is 36.1 Å². The number of hydrogen-bond donors (Lipinski definition) is 1. The van der Waals surface area contributed by atoms with Crippen molar-refractivity contribution in [3.8, 4) is 29.2 Å². The maximum atomic E-state index is 13.9. The van der Waals surface area contributed by atoms with E-state index < -0.39 is 10.5 Å². The second-order valence-electron chi connectivity index (χ2n) is 8.85. The predicted octanol–water partition coefficient (Wildman–Crippen LogP) is 5.63. The van der Waals surface area contributed by atoms with Crippen LogP contribution in [0.2, 0.25) is 0 Å². The molecule has 9 heteroatoms. The van der Waals surface area contributed by atoms with Crippen molar-refractivity contribution in [1.82, 2.24) is 14.5 Å². The molecular formula is C28H24FN3O4S. The van der Waals surface area contributed by atoms with Crippen LogP contribution in [0.5, 0.6) is 5.75 Å². The molecule has 7 nitrogen and oxygen atoms in total. The van der Waals surface area contributed by atoms with Gasteiger partial charge >= 0.3 is 10.5 Å². The number of aromatic amines is 1. The van der Waals surface area contributed by atoms with E-state index in [1.807, 2.05) is 37.3 Å². The number of fused-ring (bicyclic) bond motifs is 4. The molecule has 3 aromatic heterocycles. The van der Waals surface area contributed by atoms with Gasteiger partial charge in [-0.25, -0.2) is 0 Å². The topological polar surface area (TPSA) is 94.1 Å². The van der Waals surface area contributed by atoms with Crippen LogP contribution in [0.1, 0.15) is 37.8 Å². The third kappa shape index (κ3) is 4.45. The Bertz CT molecular complexity index is 1900. The molecule has 3 heterocycles. The first kappa shape index (κ1) is 24.5. The van der Waals surface area contributed by atoms with Crippen LogP contribution in [0.4, 0.5) is 3.89 Å². The van der Waals surface area contributed by atoms with Gasteiger partial charge in [-0.15, -0.1) is 6.42 Å². The van der Waals surface area contributed by atoms with Gasteiger partial charge in [0.1, 0.15) is 5.65 Å². The third-order valence-corrected chi connectivity index (χ3v) is 6.93. The molecule has 0 radical (unpaired) electrons. The number of nitrogens with one attached hydrogen (secondary N) is 1. The largest absolute Gasteiger partial charge is 0.488 e. The van der Waals surface area contributed by atoms with Crippen molar-refractivity contribution >= 4 is 43.3 Å². The zero-order chi connectivity index (χ0) is 26.3. The van der Waals surface area contributed by atoms with Crippen LogP contribution in [-0.4, -0.2) is 23.0 Å². The molecular weight excluding hydrogens is 493 g/mol. The van der Waals surface area contributed by atoms with E-state index >= 15 is 0 Å². The van der Waals surface area contributed by atoms with Gasteiger partial charge in [-0.2, -0.15) is 8.42 Å². The smallest absolute Gasteiger partial charge is 0.357 e. The van der Waals surface area contributed by atoms with Crippen molar-refractivity contribution in [2.45, 2.75) is 39.7 Å². The van der Waals surface area contributed by atoms with Crippen molar-refractivity contribution in [1.29, 1.82) is 0 Å². The highest BCUT2D eigenvalue weighted by Gasteiger charge is 2.19. The van der Waals surface area contributed by atoms with Gasteiger partial charge < -0.3 is 13.7 Å². The Hall–Kier alpha value is -4.16. The summed E-state index contributed by atoms with van der Waals surface area (Å²) in [5, 5.41) is 2.01. The number of benzene rings is 2. The van der Waals surface area contributed by atoms with Crippen molar-refractivity contribution in [3.05, 3.63) is 70.1 Å². The molecule has 0 unspecified atom stereocenters. The summed E-state index contributed by atoms with van der Waals surface area (Å²) < 4.78 is 41.6. The maximum absolute atomic E-state index is 13.9. The lowest BCUT2D eigenvalue weighted by Gasteiger charge is -2.16. The molecule has 0 spiro atoms. The quantitative estimate of drug-likeness (QED) is 0.223. The molecule has 0 amide bonds. The van der Waals surface area contributed by atoms with Crippen LogP contribution < -0.4 is 9.61 Å². The van der Waals surface area contributed by atoms with Gasteiger partial charge in [0.2, 0.25) is 0 Å². The van der Waals surface area contributed by atoms with E-state index in [2.05, 4.69) is 31.6 Å². The Balaban J connectivity index is 1.84. The normalized spacial score (nSPS) is 11.8. The van der Waals surface area contributed by atoms with Gasteiger partial charge in [0.05, 0.1) is 17.1 Å². The van der Waals surface area contributed by atoms with Crippen LogP contribution in [-0.2, 0) is 23.5 Å². The predicted molar refractivity (Wildman–Crippen MR) is 144 cm³/mol. The fourth-order valence-electron chi connectivity index (χ4n) is 4.84. The number of halogens is 1. The van der Waals surface area contributed by atoms with Gasteiger partial charge in [0.25, 0.3) is 0 Å². The highest BCUT2D eigenvalue weighted by Crippen LogP contribution is 2.33. The van der Waals surface area contributed by atoms with E-state index in [0.717, 1.165) is 52.1 Å². The summed E-state index contributed by atoms with van der Waals surface area (Å²) in [5.41, 5.74) is 5.02. The van der Waals surface area contributed by atoms with Gasteiger partial charge in [-0.05, 0) is 54.3 Å². The maximum Gasteiger partial charge on any atom is 0.488 e. The number of terminal acetylenes is 1. The van der Waals surface area contributed by atoms with E-state index in [4.69, 9.17) is 6.42 Å². The molecule has 0 bridgehead atoms. The molecule has 37 heavy (non-hydrogen) atoms. The molecule has 1 N–H and O–H groups in total. The monoisotopic (exact) mass is 517 g/mol. The summed E-state index contributed by atoms with van der Waals surface area (Å²) >= 11 is 0. The number of aromatic nitrogens is 3. The average Bonchev–Trinajstić information content (AvgIpc) is 3.26. The van der Waals surface area contributed by atoms with Gasteiger partial charge in [-0.3, -0.25) is 9.78 Å². The van der Waals surface area contributed by atoms with Crippen molar-refractivity contribution in [2.75, 3.05) is 0 Å². The summed E-state index contributed by atoms with van der Waals surface area (Å²) in [6, 6.07) is 10.8. The Kier molecular flexibility index (Phi) is 6.21. The molecule has 5 aromatic rings. The minimum Gasteiger partial charge on any atom is -0.357 e. The van der Waals surface area contributed by atoms with Gasteiger partial charge in [0, 0.05) is 40.2 Å². The molecule has 0 atom stereocenters. The molecule has 0 saturated carbocycles. The van der Waals surface area contributed by atoms with Crippen molar-refractivity contribution < 1.29 is 16.5 Å². The molecule has 0 aliphatic rings.